The van der Waals surface area contributed by atoms with Crippen LogP contribution in [0.1, 0.15) is 28.0 Å². The number of halogens is 1. The maximum Gasteiger partial charge on any atom is 0.371 e. The third-order valence-electron chi connectivity index (χ3n) is 2.48. The fourth-order valence-corrected chi connectivity index (χ4v) is 1.85. The normalized spacial score (nSPS) is 12.3. The lowest BCUT2D eigenvalue weighted by Crippen LogP contribution is -2.00. The molecule has 2 N–H and O–H groups in total. The summed E-state index contributed by atoms with van der Waals surface area (Å²) in [5.74, 6) is -1.11. The van der Waals surface area contributed by atoms with E-state index in [1.54, 1.807) is 18.2 Å². The molecule has 4 nitrogen and oxygen atoms in total. The topological polar surface area (TPSA) is 70.7 Å². The molecule has 0 bridgehead atoms. The van der Waals surface area contributed by atoms with Crippen LogP contribution < -0.4 is 0 Å². The Balaban J connectivity index is 2.11. The van der Waals surface area contributed by atoms with Gasteiger partial charge in [-0.1, -0.05) is 23.7 Å². The van der Waals surface area contributed by atoms with E-state index >= 15 is 0 Å². The highest BCUT2D eigenvalue weighted by Crippen LogP contribution is 2.22. The Labute approximate surface area is 108 Å². The summed E-state index contributed by atoms with van der Waals surface area (Å²) in [5.41, 5.74) is 0.850. The molecule has 1 aromatic carbocycles. The first-order valence-electron chi connectivity index (χ1n) is 5.32. The van der Waals surface area contributed by atoms with Crippen LogP contribution >= 0.6 is 11.6 Å². The zero-order chi connectivity index (χ0) is 13.1. The smallest absolute Gasteiger partial charge is 0.371 e. The van der Waals surface area contributed by atoms with Crippen molar-refractivity contribution < 1.29 is 19.4 Å². The second-order valence-electron chi connectivity index (χ2n) is 3.86. The Kier molecular flexibility index (Phi) is 3.69. The molecule has 0 aliphatic rings. The molecule has 0 amide bonds. The Morgan fingerprint density at radius 3 is 2.72 bits per heavy atom. The number of aliphatic hydroxyl groups is 1. The third kappa shape index (κ3) is 2.91. The lowest BCUT2D eigenvalue weighted by molar-refractivity contribution is 0.0651. The van der Waals surface area contributed by atoms with E-state index in [9.17, 15) is 9.90 Å². The molecule has 2 rings (SSSR count). The number of aromatic carboxylic acids is 1. The number of benzene rings is 1. The second kappa shape index (κ2) is 5.25. The summed E-state index contributed by atoms with van der Waals surface area (Å²) < 4.78 is 5.03. The standard InChI is InChI=1S/C13H11ClO4/c14-9-3-1-2-8(6-9)7-10(15)11-4-5-12(18-11)13(16)17/h1-6,10,15H,7H2,(H,16,17). The number of rotatable bonds is 4. The molecular formula is C13H11ClO4. The Hall–Kier alpha value is -1.78. The molecule has 1 unspecified atom stereocenters. The van der Waals surface area contributed by atoms with Crippen molar-refractivity contribution >= 4 is 17.6 Å². The summed E-state index contributed by atoms with van der Waals surface area (Å²) in [7, 11) is 0. The number of carbonyl (C=O) groups is 1. The number of aliphatic hydroxyl groups excluding tert-OH is 1. The summed E-state index contributed by atoms with van der Waals surface area (Å²) in [6, 6.07) is 9.88. The minimum absolute atomic E-state index is 0.185. The van der Waals surface area contributed by atoms with E-state index in [0.29, 0.717) is 11.4 Å². The Morgan fingerprint density at radius 1 is 1.33 bits per heavy atom. The maximum atomic E-state index is 10.6. The van der Waals surface area contributed by atoms with E-state index < -0.39 is 12.1 Å². The van der Waals surface area contributed by atoms with Gasteiger partial charge >= 0.3 is 5.97 Å². The minimum Gasteiger partial charge on any atom is -0.475 e. The van der Waals surface area contributed by atoms with Crippen molar-refractivity contribution in [3.05, 3.63) is 58.5 Å². The molecule has 2 aromatic rings. The number of hydrogen-bond donors (Lipinski definition) is 2. The minimum atomic E-state index is -1.16. The van der Waals surface area contributed by atoms with Gasteiger partial charge in [-0.25, -0.2) is 4.79 Å². The van der Waals surface area contributed by atoms with Crippen molar-refractivity contribution in [2.75, 3.05) is 0 Å². The van der Waals surface area contributed by atoms with Crippen LogP contribution in [0.25, 0.3) is 0 Å². The van der Waals surface area contributed by atoms with Crippen LogP contribution in [-0.4, -0.2) is 16.2 Å². The monoisotopic (exact) mass is 266 g/mol. The average molecular weight is 267 g/mol. The van der Waals surface area contributed by atoms with Gasteiger partial charge in [-0.05, 0) is 29.8 Å². The van der Waals surface area contributed by atoms with E-state index in [1.165, 1.54) is 12.1 Å². The number of carboxylic acid groups (broad SMARTS) is 1. The van der Waals surface area contributed by atoms with E-state index in [2.05, 4.69) is 0 Å². The highest BCUT2D eigenvalue weighted by atomic mass is 35.5. The van der Waals surface area contributed by atoms with E-state index in [4.69, 9.17) is 21.1 Å². The van der Waals surface area contributed by atoms with Gasteiger partial charge < -0.3 is 14.6 Å². The summed E-state index contributed by atoms with van der Waals surface area (Å²) in [6.45, 7) is 0. The number of carboxylic acids is 1. The predicted molar refractivity (Wildman–Crippen MR) is 65.8 cm³/mol. The van der Waals surface area contributed by atoms with Crippen molar-refractivity contribution in [2.24, 2.45) is 0 Å². The molecule has 0 fully saturated rings. The Morgan fingerprint density at radius 2 is 2.11 bits per heavy atom. The zero-order valence-electron chi connectivity index (χ0n) is 9.34. The van der Waals surface area contributed by atoms with Gasteiger partial charge in [0.25, 0.3) is 0 Å². The van der Waals surface area contributed by atoms with Gasteiger partial charge in [0.1, 0.15) is 11.9 Å². The van der Waals surface area contributed by atoms with Gasteiger partial charge in [-0.15, -0.1) is 0 Å². The van der Waals surface area contributed by atoms with Crippen LogP contribution in [0.5, 0.6) is 0 Å². The van der Waals surface area contributed by atoms with Crippen LogP contribution in [0.2, 0.25) is 5.02 Å². The maximum absolute atomic E-state index is 10.6. The molecule has 1 atom stereocenters. The highest BCUT2D eigenvalue weighted by Gasteiger charge is 2.16. The highest BCUT2D eigenvalue weighted by molar-refractivity contribution is 6.30. The molecule has 18 heavy (non-hydrogen) atoms. The number of hydrogen-bond acceptors (Lipinski definition) is 3. The first-order valence-corrected chi connectivity index (χ1v) is 5.69. The molecular weight excluding hydrogens is 256 g/mol. The summed E-state index contributed by atoms with van der Waals surface area (Å²) in [5, 5.41) is 19.2. The quantitative estimate of drug-likeness (QED) is 0.893. The first-order chi connectivity index (χ1) is 8.56. The Bertz CT molecular complexity index is 562. The zero-order valence-corrected chi connectivity index (χ0v) is 10.1. The van der Waals surface area contributed by atoms with Gasteiger partial charge in [0.05, 0.1) is 0 Å². The molecule has 5 heteroatoms. The van der Waals surface area contributed by atoms with Gasteiger partial charge in [-0.3, -0.25) is 0 Å². The SMILES string of the molecule is O=C(O)c1ccc(C(O)Cc2cccc(Cl)c2)o1. The predicted octanol–water partition coefficient (Wildman–Crippen LogP) is 2.91. The fourth-order valence-electron chi connectivity index (χ4n) is 1.63. The molecule has 0 spiro atoms. The molecule has 1 aromatic heterocycles. The molecule has 0 aliphatic heterocycles. The summed E-state index contributed by atoms with van der Waals surface area (Å²) >= 11 is 5.84. The third-order valence-corrected chi connectivity index (χ3v) is 2.72. The van der Waals surface area contributed by atoms with Crippen molar-refractivity contribution in [3.63, 3.8) is 0 Å². The fraction of sp³-hybridized carbons (Fsp3) is 0.154. The van der Waals surface area contributed by atoms with Gasteiger partial charge in [0.2, 0.25) is 5.76 Å². The largest absolute Gasteiger partial charge is 0.475 e. The second-order valence-corrected chi connectivity index (χ2v) is 4.29. The molecule has 0 aliphatic carbocycles. The van der Waals surface area contributed by atoms with Crippen LogP contribution in [-0.2, 0) is 6.42 Å². The van der Waals surface area contributed by atoms with Gasteiger partial charge in [-0.2, -0.15) is 0 Å². The van der Waals surface area contributed by atoms with Crippen molar-refractivity contribution in [3.8, 4) is 0 Å². The lowest BCUT2D eigenvalue weighted by atomic mass is 10.1. The molecule has 0 radical (unpaired) electrons. The van der Waals surface area contributed by atoms with Crippen LogP contribution in [0.15, 0.2) is 40.8 Å². The van der Waals surface area contributed by atoms with Crippen molar-refractivity contribution in [1.29, 1.82) is 0 Å². The summed E-state index contributed by atoms with van der Waals surface area (Å²) in [6.07, 6.45) is -0.579. The van der Waals surface area contributed by atoms with E-state index in [-0.39, 0.29) is 11.5 Å². The number of furan rings is 1. The van der Waals surface area contributed by atoms with Crippen molar-refractivity contribution in [2.45, 2.75) is 12.5 Å². The first kappa shape index (κ1) is 12.7. The summed E-state index contributed by atoms with van der Waals surface area (Å²) in [4.78, 5) is 10.6. The lowest BCUT2D eigenvalue weighted by Gasteiger charge is -2.07. The van der Waals surface area contributed by atoms with E-state index in [1.807, 2.05) is 6.07 Å². The van der Waals surface area contributed by atoms with Crippen LogP contribution in [0.3, 0.4) is 0 Å². The molecule has 0 saturated heterocycles. The molecule has 0 saturated carbocycles. The molecule has 1 heterocycles. The molecule has 94 valence electrons. The van der Waals surface area contributed by atoms with Gasteiger partial charge in [0, 0.05) is 11.4 Å². The van der Waals surface area contributed by atoms with E-state index in [0.717, 1.165) is 5.56 Å². The van der Waals surface area contributed by atoms with Crippen LogP contribution in [0.4, 0.5) is 0 Å². The van der Waals surface area contributed by atoms with Crippen LogP contribution in [0, 0.1) is 0 Å². The van der Waals surface area contributed by atoms with Gasteiger partial charge in [0.15, 0.2) is 0 Å². The average Bonchev–Trinajstić information content (AvgIpc) is 2.78. The van der Waals surface area contributed by atoms with Crippen molar-refractivity contribution in [1.82, 2.24) is 0 Å².